The minimum absolute atomic E-state index is 0.178. The summed E-state index contributed by atoms with van der Waals surface area (Å²) in [4.78, 5) is 22.2. The third-order valence-electron chi connectivity index (χ3n) is 6.44. The number of aromatic nitrogens is 1. The first kappa shape index (κ1) is 19.8. The highest BCUT2D eigenvalue weighted by molar-refractivity contribution is 7.09. The lowest BCUT2D eigenvalue weighted by atomic mass is 9.64. The van der Waals surface area contributed by atoms with Gasteiger partial charge in [0.05, 0.1) is 11.9 Å². The van der Waals surface area contributed by atoms with Crippen LogP contribution in [0.15, 0.2) is 11.7 Å². The molecule has 1 atom stereocenters. The summed E-state index contributed by atoms with van der Waals surface area (Å²) in [6.07, 6.45) is 6.84. The van der Waals surface area contributed by atoms with Crippen LogP contribution in [0.4, 0.5) is 0 Å². The van der Waals surface area contributed by atoms with Gasteiger partial charge in [-0.25, -0.2) is 0 Å². The lowest BCUT2D eigenvalue weighted by molar-refractivity contribution is -0.137. The fraction of sp³-hybridized carbons (Fsp3) is 0.800. The molecular formula is C20H33N3O2S. The van der Waals surface area contributed by atoms with Gasteiger partial charge in [-0.1, -0.05) is 13.8 Å². The quantitative estimate of drug-likeness (QED) is 0.826. The second-order valence-electron chi connectivity index (χ2n) is 8.50. The number of aliphatic hydroxyl groups excluding tert-OH is 1. The Balaban J connectivity index is 1.54. The Bertz CT molecular complexity index is 568. The molecule has 1 aromatic heterocycles. The lowest BCUT2D eigenvalue weighted by Crippen LogP contribution is -2.55. The topological polar surface area (TPSA) is 56.7 Å². The molecule has 0 radical (unpaired) electrons. The second kappa shape index (κ2) is 8.81. The van der Waals surface area contributed by atoms with Crippen molar-refractivity contribution in [2.24, 2.45) is 17.3 Å². The predicted molar refractivity (Wildman–Crippen MR) is 105 cm³/mol. The van der Waals surface area contributed by atoms with Gasteiger partial charge in [-0.15, -0.1) is 11.3 Å². The number of nitrogens with zero attached hydrogens (tertiary/aromatic N) is 3. The molecule has 0 aromatic carbocycles. The van der Waals surface area contributed by atoms with Crippen molar-refractivity contribution in [3.8, 4) is 0 Å². The fourth-order valence-electron chi connectivity index (χ4n) is 4.50. The first-order valence-corrected chi connectivity index (χ1v) is 10.9. The third-order valence-corrected chi connectivity index (χ3v) is 7.22. The number of rotatable bonds is 6. The van der Waals surface area contributed by atoms with Crippen molar-refractivity contribution in [1.82, 2.24) is 14.8 Å². The van der Waals surface area contributed by atoms with Crippen molar-refractivity contribution in [3.05, 3.63) is 16.6 Å². The van der Waals surface area contributed by atoms with Crippen molar-refractivity contribution >= 4 is 17.2 Å². The van der Waals surface area contributed by atoms with Crippen molar-refractivity contribution in [2.75, 3.05) is 39.3 Å². The van der Waals surface area contributed by atoms with Crippen LogP contribution in [-0.4, -0.2) is 65.1 Å². The average molecular weight is 380 g/mol. The Hall–Kier alpha value is -0.980. The number of carbonyl (C=O) groups is 1. The second-order valence-corrected chi connectivity index (χ2v) is 9.47. The molecule has 1 N–H and O–H groups in total. The van der Waals surface area contributed by atoms with Gasteiger partial charge < -0.3 is 14.9 Å². The number of likely N-dealkylation sites (tertiary alicyclic amines) is 2. The van der Waals surface area contributed by atoms with Gasteiger partial charge in [-0.05, 0) is 56.7 Å². The Labute approximate surface area is 161 Å². The van der Waals surface area contributed by atoms with E-state index in [1.54, 1.807) is 11.7 Å². The number of carbonyl (C=O) groups excluding carboxylic acids is 1. The van der Waals surface area contributed by atoms with Crippen LogP contribution < -0.4 is 0 Å². The predicted octanol–water partition coefficient (Wildman–Crippen LogP) is 2.65. The first-order valence-electron chi connectivity index (χ1n) is 10.0. The van der Waals surface area contributed by atoms with Gasteiger partial charge in [0.25, 0.3) is 0 Å². The third kappa shape index (κ3) is 4.65. The van der Waals surface area contributed by atoms with Crippen LogP contribution in [0.1, 0.15) is 44.4 Å². The van der Waals surface area contributed by atoms with E-state index in [0.717, 1.165) is 49.7 Å². The molecule has 2 saturated heterocycles. The molecule has 0 aliphatic carbocycles. The standard InChI is InChI=1S/C20H33N3O2S/c1-16(2)3-7-22-8-4-20(5-9-22)6-10-23(13-17(20)14-24)19(25)11-18-12-21-15-26-18/h12,15-17,24H,3-11,13-14H2,1-2H3/t17-/m1/s1. The minimum atomic E-state index is 0.178. The number of amides is 1. The highest BCUT2D eigenvalue weighted by Crippen LogP contribution is 2.45. The van der Waals surface area contributed by atoms with Crippen LogP contribution in [0.5, 0.6) is 0 Å². The molecule has 5 nitrogen and oxygen atoms in total. The molecule has 0 bridgehead atoms. The summed E-state index contributed by atoms with van der Waals surface area (Å²) in [5.74, 6) is 1.15. The Morgan fingerprint density at radius 2 is 2.08 bits per heavy atom. The van der Waals surface area contributed by atoms with Gasteiger partial charge >= 0.3 is 0 Å². The van der Waals surface area contributed by atoms with Crippen molar-refractivity contribution in [2.45, 2.75) is 46.0 Å². The molecule has 2 fully saturated rings. The number of hydrogen-bond acceptors (Lipinski definition) is 5. The smallest absolute Gasteiger partial charge is 0.227 e. The monoisotopic (exact) mass is 379 g/mol. The summed E-state index contributed by atoms with van der Waals surface area (Å²) in [6.45, 7) is 9.77. The van der Waals surface area contributed by atoms with Crippen molar-refractivity contribution < 1.29 is 9.90 Å². The number of aliphatic hydroxyl groups is 1. The Morgan fingerprint density at radius 3 is 2.69 bits per heavy atom. The van der Waals surface area contributed by atoms with Crippen LogP contribution >= 0.6 is 11.3 Å². The van der Waals surface area contributed by atoms with E-state index in [-0.39, 0.29) is 23.8 Å². The highest BCUT2D eigenvalue weighted by Gasteiger charge is 2.45. The molecule has 6 heteroatoms. The summed E-state index contributed by atoms with van der Waals surface area (Å²) >= 11 is 1.54. The van der Waals surface area contributed by atoms with E-state index in [4.69, 9.17) is 0 Å². The maximum absolute atomic E-state index is 12.6. The van der Waals surface area contributed by atoms with E-state index in [1.165, 1.54) is 24.3 Å². The summed E-state index contributed by atoms with van der Waals surface area (Å²) in [5.41, 5.74) is 2.00. The molecule has 2 aliphatic heterocycles. The Morgan fingerprint density at radius 1 is 1.35 bits per heavy atom. The zero-order valence-electron chi connectivity index (χ0n) is 16.2. The molecule has 0 saturated carbocycles. The van der Waals surface area contributed by atoms with Crippen LogP contribution in [0, 0.1) is 17.3 Å². The summed E-state index contributed by atoms with van der Waals surface area (Å²) in [5, 5.41) is 10.0. The molecule has 3 heterocycles. The maximum atomic E-state index is 12.6. The molecule has 3 rings (SSSR count). The largest absolute Gasteiger partial charge is 0.396 e. The molecule has 146 valence electrons. The molecule has 1 spiro atoms. The Kier molecular flexibility index (Phi) is 6.70. The van der Waals surface area contributed by atoms with E-state index in [9.17, 15) is 9.90 Å². The van der Waals surface area contributed by atoms with E-state index in [1.807, 2.05) is 4.90 Å². The lowest BCUT2D eigenvalue weighted by Gasteiger charge is -2.51. The van der Waals surface area contributed by atoms with Gasteiger partial charge in [-0.3, -0.25) is 9.78 Å². The molecule has 1 amide bonds. The highest BCUT2D eigenvalue weighted by atomic mass is 32.1. The SMILES string of the molecule is CC(C)CCN1CCC2(CC1)CCN(C(=O)Cc1cncs1)C[C@@H]2CO. The number of hydrogen-bond donors (Lipinski definition) is 1. The van der Waals surface area contributed by atoms with E-state index >= 15 is 0 Å². The van der Waals surface area contributed by atoms with Gasteiger partial charge in [0.2, 0.25) is 5.91 Å². The van der Waals surface area contributed by atoms with Crippen LogP contribution in [0.25, 0.3) is 0 Å². The van der Waals surface area contributed by atoms with Crippen LogP contribution in [0.3, 0.4) is 0 Å². The summed E-state index contributed by atoms with van der Waals surface area (Å²) < 4.78 is 0. The summed E-state index contributed by atoms with van der Waals surface area (Å²) in [7, 11) is 0. The van der Waals surface area contributed by atoms with Gasteiger partial charge in [0.1, 0.15) is 0 Å². The average Bonchev–Trinajstić information content (AvgIpc) is 3.14. The van der Waals surface area contributed by atoms with Crippen molar-refractivity contribution in [1.29, 1.82) is 0 Å². The number of thiazole rings is 1. The van der Waals surface area contributed by atoms with Gasteiger partial charge in [0.15, 0.2) is 0 Å². The minimum Gasteiger partial charge on any atom is -0.396 e. The van der Waals surface area contributed by atoms with Crippen LogP contribution in [0.2, 0.25) is 0 Å². The van der Waals surface area contributed by atoms with E-state index in [0.29, 0.717) is 13.0 Å². The molecule has 1 aromatic rings. The van der Waals surface area contributed by atoms with E-state index in [2.05, 4.69) is 23.7 Å². The fourth-order valence-corrected chi connectivity index (χ4v) is 5.09. The maximum Gasteiger partial charge on any atom is 0.227 e. The van der Waals surface area contributed by atoms with Gasteiger partial charge in [-0.2, -0.15) is 0 Å². The van der Waals surface area contributed by atoms with Crippen LogP contribution in [-0.2, 0) is 11.2 Å². The normalized spacial score (nSPS) is 23.7. The molecular weight excluding hydrogens is 346 g/mol. The first-order chi connectivity index (χ1) is 12.5. The zero-order chi connectivity index (χ0) is 18.6. The van der Waals surface area contributed by atoms with Gasteiger partial charge in [0, 0.05) is 36.7 Å². The molecule has 0 unspecified atom stereocenters. The zero-order valence-corrected chi connectivity index (χ0v) is 17.0. The van der Waals surface area contributed by atoms with E-state index < -0.39 is 0 Å². The molecule has 26 heavy (non-hydrogen) atoms. The number of piperidine rings is 2. The summed E-state index contributed by atoms with van der Waals surface area (Å²) in [6, 6.07) is 0. The molecule has 2 aliphatic rings. The van der Waals surface area contributed by atoms with Crippen molar-refractivity contribution in [3.63, 3.8) is 0 Å².